The first-order chi connectivity index (χ1) is 12.4. The fourth-order valence-corrected chi connectivity index (χ4v) is 4.91. The molecule has 0 aliphatic carbocycles. The smallest absolute Gasteiger partial charge is 0.312 e. The van der Waals surface area contributed by atoms with Crippen molar-refractivity contribution in [2.75, 3.05) is 44.7 Å². The molecule has 2 aliphatic heterocycles. The molecular weight excluding hydrogens is 350 g/mol. The fourth-order valence-electron chi connectivity index (χ4n) is 4.49. The van der Waals surface area contributed by atoms with Crippen molar-refractivity contribution in [3.63, 3.8) is 0 Å². The number of aryl methyl sites for hydroxylation is 1. The monoisotopic (exact) mass is 379 g/mol. The Hall–Kier alpha value is -1.31. The number of Topliss-reactive ketones (excluding diaryl/α,β-unsaturated/α-hetero) is 1. The largest absolute Gasteiger partial charge is 0.481 e. The summed E-state index contributed by atoms with van der Waals surface area (Å²) in [5, 5.41) is 9.97. The average Bonchev–Trinajstić information content (AvgIpc) is 3.19. The van der Waals surface area contributed by atoms with Crippen molar-refractivity contribution in [1.82, 2.24) is 14.4 Å². The number of thioether (sulfide) groups is 1. The van der Waals surface area contributed by atoms with E-state index in [1.807, 2.05) is 35.6 Å². The van der Waals surface area contributed by atoms with Gasteiger partial charge in [0.1, 0.15) is 0 Å². The molecule has 3 rings (SSSR count). The second kappa shape index (κ2) is 7.74. The van der Waals surface area contributed by atoms with Gasteiger partial charge in [-0.05, 0) is 38.0 Å². The maximum atomic E-state index is 12.1. The van der Waals surface area contributed by atoms with Crippen molar-refractivity contribution >= 4 is 23.5 Å². The summed E-state index contributed by atoms with van der Waals surface area (Å²) in [6.07, 6.45) is 5.08. The highest BCUT2D eigenvalue weighted by molar-refractivity contribution is 7.98. The number of carbonyl (C=O) groups is 2. The molecule has 2 saturated heterocycles. The van der Waals surface area contributed by atoms with E-state index in [-0.39, 0.29) is 11.7 Å². The summed E-state index contributed by atoms with van der Waals surface area (Å²) in [7, 11) is 1.94. The van der Waals surface area contributed by atoms with E-state index in [1.54, 1.807) is 6.92 Å². The van der Waals surface area contributed by atoms with Crippen LogP contribution in [-0.4, -0.2) is 76.0 Å². The van der Waals surface area contributed by atoms with Crippen LogP contribution in [0.25, 0.3) is 0 Å². The molecule has 2 atom stereocenters. The Morgan fingerprint density at radius 3 is 2.58 bits per heavy atom. The SMILES string of the molecule is CSCCCN1C[C@H]2CN(Cc3cc(C(C)=O)cn3C)C[C@@]2(C(=O)O)C1. The van der Waals surface area contributed by atoms with Gasteiger partial charge in [0.2, 0.25) is 0 Å². The van der Waals surface area contributed by atoms with Crippen LogP contribution in [0.5, 0.6) is 0 Å². The first-order valence-corrected chi connectivity index (χ1v) is 10.6. The van der Waals surface area contributed by atoms with Gasteiger partial charge in [-0.15, -0.1) is 0 Å². The maximum Gasteiger partial charge on any atom is 0.312 e. The summed E-state index contributed by atoms with van der Waals surface area (Å²) < 4.78 is 1.98. The highest BCUT2D eigenvalue weighted by Gasteiger charge is 2.57. The zero-order valence-electron chi connectivity index (χ0n) is 15.9. The van der Waals surface area contributed by atoms with Crippen LogP contribution in [0.3, 0.4) is 0 Å². The fraction of sp³-hybridized carbons (Fsp3) is 0.684. The minimum absolute atomic E-state index is 0.0630. The van der Waals surface area contributed by atoms with Crippen molar-refractivity contribution in [2.24, 2.45) is 18.4 Å². The number of hydrogen-bond acceptors (Lipinski definition) is 5. The van der Waals surface area contributed by atoms with E-state index in [2.05, 4.69) is 16.1 Å². The number of carbonyl (C=O) groups excluding carboxylic acids is 1. The average molecular weight is 380 g/mol. The Morgan fingerprint density at radius 1 is 1.31 bits per heavy atom. The number of fused-ring (bicyclic) bond motifs is 1. The molecular formula is C19H29N3O3S. The second-order valence-electron chi connectivity index (χ2n) is 7.80. The third kappa shape index (κ3) is 3.70. The summed E-state index contributed by atoms with van der Waals surface area (Å²) in [4.78, 5) is 28.3. The standard InChI is InChI=1S/C19H29N3O3S/c1-14(23)15-7-17(20(2)8-15)11-22-10-16-9-21(5-4-6-26-3)12-19(16,13-22)18(24)25/h7-8,16H,4-6,9-13H2,1-3H3,(H,24,25)/t16-,19-/m0/s1. The van der Waals surface area contributed by atoms with Crippen molar-refractivity contribution < 1.29 is 14.7 Å². The lowest BCUT2D eigenvalue weighted by Gasteiger charge is -2.25. The lowest BCUT2D eigenvalue weighted by atomic mass is 9.81. The van der Waals surface area contributed by atoms with Crippen LogP contribution < -0.4 is 0 Å². The van der Waals surface area contributed by atoms with Crippen LogP contribution in [0.4, 0.5) is 0 Å². The van der Waals surface area contributed by atoms with Gasteiger partial charge in [0, 0.05) is 63.1 Å². The molecule has 0 bridgehead atoms. The quantitative estimate of drug-likeness (QED) is 0.549. The number of hydrogen-bond donors (Lipinski definition) is 1. The summed E-state index contributed by atoms with van der Waals surface area (Å²) in [5.41, 5.74) is 1.14. The van der Waals surface area contributed by atoms with E-state index in [9.17, 15) is 14.7 Å². The van der Waals surface area contributed by atoms with Crippen molar-refractivity contribution in [3.05, 3.63) is 23.5 Å². The summed E-state index contributed by atoms with van der Waals surface area (Å²) in [6.45, 7) is 6.20. The van der Waals surface area contributed by atoms with Gasteiger partial charge in [-0.2, -0.15) is 11.8 Å². The molecule has 0 saturated carbocycles. The van der Waals surface area contributed by atoms with Crippen LogP contribution in [0.2, 0.25) is 0 Å². The van der Waals surface area contributed by atoms with Gasteiger partial charge >= 0.3 is 5.97 Å². The van der Waals surface area contributed by atoms with Crippen LogP contribution in [0.15, 0.2) is 12.3 Å². The molecule has 144 valence electrons. The van der Waals surface area contributed by atoms with Gasteiger partial charge in [-0.25, -0.2) is 0 Å². The van der Waals surface area contributed by atoms with Gasteiger partial charge in [0.15, 0.2) is 5.78 Å². The van der Waals surface area contributed by atoms with Crippen LogP contribution in [0, 0.1) is 11.3 Å². The van der Waals surface area contributed by atoms with Crippen molar-refractivity contribution in [2.45, 2.75) is 19.9 Å². The lowest BCUT2D eigenvalue weighted by molar-refractivity contribution is -0.148. The maximum absolute atomic E-state index is 12.1. The molecule has 6 nitrogen and oxygen atoms in total. The van der Waals surface area contributed by atoms with E-state index in [0.29, 0.717) is 19.6 Å². The third-order valence-electron chi connectivity index (χ3n) is 5.90. The summed E-state index contributed by atoms with van der Waals surface area (Å²) in [5.74, 6) is 0.711. The molecule has 2 aliphatic rings. The molecule has 0 unspecified atom stereocenters. The van der Waals surface area contributed by atoms with E-state index in [0.717, 1.165) is 43.1 Å². The molecule has 1 aromatic heterocycles. The van der Waals surface area contributed by atoms with E-state index in [4.69, 9.17) is 0 Å². The van der Waals surface area contributed by atoms with E-state index < -0.39 is 11.4 Å². The van der Waals surface area contributed by atoms with Crippen LogP contribution in [-0.2, 0) is 18.4 Å². The van der Waals surface area contributed by atoms with Gasteiger partial charge < -0.3 is 14.6 Å². The molecule has 26 heavy (non-hydrogen) atoms. The minimum atomic E-state index is -0.659. The van der Waals surface area contributed by atoms with Gasteiger partial charge in [0.25, 0.3) is 0 Å². The molecule has 2 fully saturated rings. The van der Waals surface area contributed by atoms with Crippen molar-refractivity contribution in [3.8, 4) is 0 Å². The molecule has 0 amide bonds. The van der Waals surface area contributed by atoms with E-state index >= 15 is 0 Å². The zero-order valence-corrected chi connectivity index (χ0v) is 16.7. The number of aromatic nitrogens is 1. The predicted octanol–water partition coefficient (Wildman–Crippen LogP) is 1.80. The lowest BCUT2D eigenvalue weighted by Crippen LogP contribution is -2.41. The van der Waals surface area contributed by atoms with Crippen LogP contribution >= 0.6 is 11.8 Å². The van der Waals surface area contributed by atoms with E-state index in [1.165, 1.54) is 0 Å². The molecule has 7 heteroatoms. The number of nitrogens with zero attached hydrogens (tertiary/aromatic N) is 3. The predicted molar refractivity (Wildman–Crippen MR) is 104 cm³/mol. The summed E-state index contributed by atoms with van der Waals surface area (Å²) in [6, 6.07) is 1.93. The molecule has 1 N–H and O–H groups in total. The Morgan fingerprint density at radius 2 is 2.00 bits per heavy atom. The van der Waals surface area contributed by atoms with Gasteiger partial charge in [-0.3, -0.25) is 14.5 Å². The summed E-state index contributed by atoms with van der Waals surface area (Å²) >= 11 is 1.84. The Labute approximate surface area is 159 Å². The normalized spacial score (nSPS) is 26.3. The Kier molecular flexibility index (Phi) is 5.79. The second-order valence-corrected chi connectivity index (χ2v) is 8.78. The number of carboxylic acids is 1. The molecule has 3 heterocycles. The minimum Gasteiger partial charge on any atom is -0.481 e. The topological polar surface area (TPSA) is 65.8 Å². The highest BCUT2D eigenvalue weighted by atomic mass is 32.2. The Balaban J connectivity index is 1.66. The van der Waals surface area contributed by atoms with Gasteiger partial charge in [-0.1, -0.05) is 0 Å². The Bertz CT molecular complexity index is 690. The molecule has 0 aromatic carbocycles. The first kappa shape index (κ1) is 19.5. The first-order valence-electron chi connectivity index (χ1n) is 9.19. The number of rotatable bonds is 8. The number of likely N-dealkylation sites (tertiary alicyclic amines) is 2. The highest BCUT2D eigenvalue weighted by Crippen LogP contribution is 2.43. The van der Waals surface area contributed by atoms with Crippen LogP contribution in [0.1, 0.15) is 29.4 Å². The number of ketones is 1. The zero-order chi connectivity index (χ0) is 18.9. The molecule has 0 spiro atoms. The van der Waals surface area contributed by atoms with Crippen molar-refractivity contribution in [1.29, 1.82) is 0 Å². The molecule has 1 aromatic rings. The number of carboxylic acid groups (broad SMARTS) is 1. The van der Waals surface area contributed by atoms with Gasteiger partial charge in [0.05, 0.1) is 5.41 Å². The number of aliphatic carboxylic acids is 1. The third-order valence-corrected chi connectivity index (χ3v) is 6.60. The molecule has 0 radical (unpaired) electrons.